The van der Waals surface area contributed by atoms with Gasteiger partial charge in [0.15, 0.2) is 11.0 Å². The first-order valence-electron chi connectivity index (χ1n) is 10.2. The second-order valence-electron chi connectivity index (χ2n) is 7.45. The Labute approximate surface area is 196 Å². The van der Waals surface area contributed by atoms with Crippen molar-refractivity contribution in [1.29, 1.82) is 0 Å². The van der Waals surface area contributed by atoms with Crippen molar-refractivity contribution in [3.05, 3.63) is 81.7 Å². The first kappa shape index (κ1) is 24.0. The van der Waals surface area contributed by atoms with Crippen LogP contribution in [0, 0.1) is 30.9 Å². The molecule has 10 heteroatoms. The van der Waals surface area contributed by atoms with E-state index in [0.29, 0.717) is 28.8 Å². The van der Waals surface area contributed by atoms with Crippen LogP contribution in [-0.4, -0.2) is 31.3 Å². The van der Waals surface area contributed by atoms with Crippen molar-refractivity contribution >= 4 is 29.0 Å². The predicted molar refractivity (Wildman–Crippen MR) is 128 cm³/mol. The van der Waals surface area contributed by atoms with Crippen LogP contribution < -0.4 is 10.1 Å². The smallest absolute Gasteiger partial charge is 0.274 e. The third-order valence-corrected chi connectivity index (χ3v) is 5.78. The highest BCUT2D eigenvalue weighted by Crippen LogP contribution is 2.24. The van der Waals surface area contributed by atoms with E-state index in [0.717, 1.165) is 16.9 Å². The van der Waals surface area contributed by atoms with Crippen molar-refractivity contribution in [2.45, 2.75) is 39.1 Å². The van der Waals surface area contributed by atoms with Crippen LogP contribution in [0.25, 0.3) is 0 Å². The van der Waals surface area contributed by atoms with Gasteiger partial charge in [-0.2, -0.15) is 0 Å². The number of allylic oxidation sites excluding steroid dienone is 1. The summed E-state index contributed by atoms with van der Waals surface area (Å²) >= 11 is 1.22. The zero-order valence-corrected chi connectivity index (χ0v) is 19.5. The Balaban J connectivity index is 1.64. The number of carbonyl (C=O) groups is 1. The number of nitrogens with one attached hydrogen (secondary N) is 1. The summed E-state index contributed by atoms with van der Waals surface area (Å²) < 4.78 is 7.76. The third kappa shape index (κ3) is 6.19. The number of rotatable bonds is 10. The lowest BCUT2D eigenvalue weighted by Crippen LogP contribution is -2.15. The van der Waals surface area contributed by atoms with Gasteiger partial charge >= 0.3 is 0 Å². The molecule has 0 aliphatic heterocycles. The molecule has 2 aromatic carbocycles. The molecule has 1 amide bonds. The van der Waals surface area contributed by atoms with Crippen LogP contribution in [0.15, 0.2) is 54.2 Å². The Kier molecular flexibility index (Phi) is 7.83. The Morgan fingerprint density at radius 3 is 2.70 bits per heavy atom. The van der Waals surface area contributed by atoms with Gasteiger partial charge in [-0.3, -0.25) is 19.5 Å². The minimum absolute atomic E-state index is 0.0420. The minimum atomic E-state index is -0.473. The Hall–Kier alpha value is -3.66. The van der Waals surface area contributed by atoms with E-state index >= 15 is 0 Å². The molecule has 1 aromatic heterocycles. The predicted octanol–water partition coefficient (Wildman–Crippen LogP) is 4.61. The molecular formula is C23H25N5O4S. The molecule has 0 saturated carbocycles. The van der Waals surface area contributed by atoms with Crippen molar-refractivity contribution in [2.75, 3.05) is 11.1 Å². The quantitative estimate of drug-likeness (QED) is 0.201. The van der Waals surface area contributed by atoms with Gasteiger partial charge < -0.3 is 10.1 Å². The van der Waals surface area contributed by atoms with Crippen LogP contribution in [0.2, 0.25) is 0 Å². The highest BCUT2D eigenvalue weighted by molar-refractivity contribution is 7.99. The van der Waals surface area contributed by atoms with Gasteiger partial charge in [0.25, 0.3) is 5.69 Å². The van der Waals surface area contributed by atoms with E-state index < -0.39 is 4.92 Å². The number of aryl methyl sites for hydroxylation is 3. The average Bonchev–Trinajstić information content (AvgIpc) is 3.14. The van der Waals surface area contributed by atoms with E-state index in [1.54, 1.807) is 25.1 Å². The molecule has 0 fully saturated rings. The highest BCUT2D eigenvalue weighted by Gasteiger charge is 2.16. The van der Waals surface area contributed by atoms with Crippen molar-refractivity contribution in [1.82, 2.24) is 14.8 Å². The number of carbonyl (C=O) groups excluding carboxylic acids is 1. The van der Waals surface area contributed by atoms with E-state index in [1.165, 1.54) is 17.8 Å². The molecule has 0 bridgehead atoms. The second kappa shape index (κ2) is 10.8. The lowest BCUT2D eigenvalue weighted by atomic mass is 10.1. The highest BCUT2D eigenvalue weighted by atomic mass is 32.2. The van der Waals surface area contributed by atoms with Crippen molar-refractivity contribution in [3.63, 3.8) is 0 Å². The summed E-state index contributed by atoms with van der Waals surface area (Å²) in [7, 11) is 0. The number of amides is 1. The summed E-state index contributed by atoms with van der Waals surface area (Å²) in [6.07, 6.45) is 1.72. The van der Waals surface area contributed by atoms with Crippen molar-refractivity contribution in [2.24, 2.45) is 0 Å². The van der Waals surface area contributed by atoms with Crippen LogP contribution in [0.5, 0.6) is 5.75 Å². The Morgan fingerprint density at radius 2 is 2.00 bits per heavy atom. The van der Waals surface area contributed by atoms with E-state index in [2.05, 4.69) is 22.1 Å². The number of thioether (sulfide) groups is 1. The molecule has 0 radical (unpaired) electrons. The maximum atomic E-state index is 12.4. The fraction of sp³-hybridized carbons (Fsp3) is 0.261. The number of nitro groups is 1. The maximum absolute atomic E-state index is 12.4. The summed E-state index contributed by atoms with van der Waals surface area (Å²) in [5, 5.41) is 22.7. The number of nitro benzene ring substituents is 1. The van der Waals surface area contributed by atoms with Gasteiger partial charge in [-0.25, -0.2) is 0 Å². The molecule has 172 valence electrons. The zero-order chi connectivity index (χ0) is 24.0. The number of ether oxygens (including phenoxy) is 1. The number of nitrogens with zero attached hydrogens (tertiary/aromatic N) is 4. The largest absolute Gasteiger partial charge is 0.485 e. The molecular weight excluding hydrogens is 442 g/mol. The molecule has 3 rings (SSSR count). The normalized spacial score (nSPS) is 10.6. The van der Waals surface area contributed by atoms with Crippen LogP contribution >= 0.6 is 11.8 Å². The van der Waals surface area contributed by atoms with Gasteiger partial charge in [0.2, 0.25) is 5.91 Å². The topological polar surface area (TPSA) is 112 Å². The lowest BCUT2D eigenvalue weighted by molar-refractivity contribution is -0.385. The van der Waals surface area contributed by atoms with Gasteiger partial charge in [0.05, 0.1) is 10.7 Å². The fourth-order valence-electron chi connectivity index (χ4n) is 3.16. The number of anilines is 1. The number of hydrogen-bond donors (Lipinski definition) is 1. The van der Waals surface area contributed by atoms with Crippen molar-refractivity contribution in [3.8, 4) is 5.75 Å². The molecule has 3 aromatic rings. The molecule has 0 saturated heterocycles. The average molecular weight is 468 g/mol. The van der Waals surface area contributed by atoms with Crippen LogP contribution in [0.1, 0.15) is 22.5 Å². The van der Waals surface area contributed by atoms with Crippen molar-refractivity contribution < 1.29 is 14.5 Å². The molecule has 0 spiro atoms. The van der Waals surface area contributed by atoms with E-state index in [4.69, 9.17) is 4.74 Å². The summed E-state index contributed by atoms with van der Waals surface area (Å²) in [5.74, 6) is 1.15. The Morgan fingerprint density at radius 1 is 1.21 bits per heavy atom. The molecule has 33 heavy (non-hydrogen) atoms. The number of hydrogen-bond acceptors (Lipinski definition) is 7. The molecule has 0 aliphatic rings. The standard InChI is InChI=1S/C23H25N5O4S/c1-5-10-27-21(13-32-20-9-6-15(2)11-17(20)4)25-26-23(27)33-14-22(29)24-18-8-7-16(3)19(12-18)28(30)31/h5-9,11-12H,1,10,13-14H2,2-4H3,(H,24,29). The zero-order valence-electron chi connectivity index (χ0n) is 18.7. The van der Waals surface area contributed by atoms with Crippen LogP contribution in [0.4, 0.5) is 11.4 Å². The monoisotopic (exact) mass is 467 g/mol. The van der Waals surface area contributed by atoms with Crippen LogP contribution in [0.3, 0.4) is 0 Å². The SMILES string of the molecule is C=CCn1c(COc2ccc(C)cc2C)nnc1SCC(=O)Nc1ccc(C)c([N+](=O)[O-])c1. The van der Waals surface area contributed by atoms with Gasteiger partial charge in [-0.1, -0.05) is 41.6 Å². The molecule has 9 nitrogen and oxygen atoms in total. The minimum Gasteiger partial charge on any atom is -0.485 e. The van der Waals surface area contributed by atoms with Gasteiger partial charge in [-0.05, 0) is 38.5 Å². The third-order valence-electron chi connectivity index (χ3n) is 4.81. The molecule has 1 heterocycles. The summed E-state index contributed by atoms with van der Waals surface area (Å²) in [4.78, 5) is 23.0. The van der Waals surface area contributed by atoms with E-state index in [1.807, 2.05) is 36.6 Å². The summed E-state index contributed by atoms with van der Waals surface area (Å²) in [6, 6.07) is 10.5. The first-order chi connectivity index (χ1) is 15.8. The second-order valence-corrected chi connectivity index (χ2v) is 8.39. The lowest BCUT2D eigenvalue weighted by Gasteiger charge is -2.11. The first-order valence-corrected chi connectivity index (χ1v) is 11.2. The molecule has 1 N–H and O–H groups in total. The molecule has 0 unspecified atom stereocenters. The maximum Gasteiger partial charge on any atom is 0.274 e. The Bertz CT molecular complexity index is 1190. The summed E-state index contributed by atoms with van der Waals surface area (Å²) in [6.45, 7) is 10.1. The number of benzene rings is 2. The molecule has 0 aliphatic carbocycles. The van der Waals surface area contributed by atoms with E-state index in [-0.39, 0.29) is 24.0 Å². The van der Waals surface area contributed by atoms with Gasteiger partial charge in [0.1, 0.15) is 12.4 Å². The van der Waals surface area contributed by atoms with Gasteiger partial charge in [-0.15, -0.1) is 16.8 Å². The van der Waals surface area contributed by atoms with Crippen LogP contribution in [-0.2, 0) is 17.9 Å². The van der Waals surface area contributed by atoms with Gasteiger partial charge in [0, 0.05) is 23.9 Å². The summed E-state index contributed by atoms with van der Waals surface area (Å²) in [5.41, 5.74) is 3.05. The fourth-order valence-corrected chi connectivity index (χ4v) is 3.93. The number of aromatic nitrogens is 3. The molecule has 0 atom stereocenters. The van der Waals surface area contributed by atoms with E-state index in [9.17, 15) is 14.9 Å².